The molecule has 1 aromatic carbocycles. The number of benzene rings is 1. The van der Waals surface area contributed by atoms with E-state index in [0.29, 0.717) is 19.4 Å². The summed E-state index contributed by atoms with van der Waals surface area (Å²) in [5.41, 5.74) is -0.212. The molecule has 1 aromatic rings. The summed E-state index contributed by atoms with van der Waals surface area (Å²) in [5, 5.41) is 10.9. The number of carbonyl (C=O) groups is 1. The summed E-state index contributed by atoms with van der Waals surface area (Å²) >= 11 is 0. The zero-order valence-corrected chi connectivity index (χ0v) is 14.2. The quantitative estimate of drug-likeness (QED) is 0.540. The Morgan fingerprint density at radius 3 is 2.71 bits per heavy atom. The third-order valence-electron chi connectivity index (χ3n) is 3.85. The van der Waals surface area contributed by atoms with Crippen molar-refractivity contribution in [1.82, 2.24) is 4.90 Å². The van der Waals surface area contributed by atoms with Crippen LogP contribution in [0.15, 0.2) is 24.3 Å². The van der Waals surface area contributed by atoms with E-state index >= 15 is 0 Å². The van der Waals surface area contributed by atoms with Crippen molar-refractivity contribution in [3.63, 3.8) is 0 Å². The molecule has 0 saturated carbocycles. The minimum absolute atomic E-state index is 0.0198. The van der Waals surface area contributed by atoms with Gasteiger partial charge in [-0.25, -0.2) is 8.42 Å². The molecule has 0 spiro atoms. The van der Waals surface area contributed by atoms with E-state index < -0.39 is 14.8 Å². The van der Waals surface area contributed by atoms with Gasteiger partial charge in [0.05, 0.1) is 16.4 Å². The fourth-order valence-electron chi connectivity index (χ4n) is 2.73. The maximum absolute atomic E-state index is 12.4. The molecule has 1 fully saturated rings. The van der Waals surface area contributed by atoms with Crippen LogP contribution in [0, 0.1) is 10.1 Å². The fourth-order valence-corrected chi connectivity index (χ4v) is 4.46. The number of nitro groups is 1. The Morgan fingerprint density at radius 1 is 1.42 bits per heavy atom. The van der Waals surface area contributed by atoms with Crippen molar-refractivity contribution in [2.45, 2.75) is 25.8 Å². The van der Waals surface area contributed by atoms with Gasteiger partial charge in [-0.15, -0.1) is 0 Å². The molecular formula is C15H20N2O6S. The molecule has 2 rings (SSSR count). The molecule has 8 nitrogen and oxygen atoms in total. The Labute approximate surface area is 140 Å². The number of amides is 1. The molecule has 1 amide bonds. The van der Waals surface area contributed by atoms with Crippen molar-refractivity contribution in [1.29, 1.82) is 0 Å². The molecule has 1 heterocycles. The van der Waals surface area contributed by atoms with Crippen molar-refractivity contribution in [2.24, 2.45) is 0 Å². The molecule has 132 valence electrons. The van der Waals surface area contributed by atoms with Gasteiger partial charge in [-0.1, -0.05) is 19.1 Å². The van der Waals surface area contributed by atoms with Gasteiger partial charge in [0.25, 0.3) is 5.91 Å². The number of nitrogens with zero attached hydrogens (tertiary/aromatic N) is 2. The molecule has 0 N–H and O–H groups in total. The average Bonchev–Trinajstić information content (AvgIpc) is 2.90. The summed E-state index contributed by atoms with van der Waals surface area (Å²) in [4.78, 5) is 24.3. The van der Waals surface area contributed by atoms with Gasteiger partial charge >= 0.3 is 5.69 Å². The van der Waals surface area contributed by atoms with E-state index in [9.17, 15) is 23.3 Å². The van der Waals surface area contributed by atoms with E-state index in [0.717, 1.165) is 0 Å². The van der Waals surface area contributed by atoms with Crippen LogP contribution in [0.1, 0.15) is 19.8 Å². The maximum Gasteiger partial charge on any atom is 0.310 e. The normalized spacial score (nSPS) is 19.0. The van der Waals surface area contributed by atoms with Gasteiger partial charge in [0.1, 0.15) is 0 Å². The van der Waals surface area contributed by atoms with Crippen LogP contribution in [-0.2, 0) is 14.6 Å². The lowest BCUT2D eigenvalue weighted by atomic mass is 10.2. The number of rotatable bonds is 7. The lowest BCUT2D eigenvalue weighted by Gasteiger charge is -2.27. The highest BCUT2D eigenvalue weighted by Gasteiger charge is 2.34. The Hall–Kier alpha value is -2.16. The van der Waals surface area contributed by atoms with Crippen molar-refractivity contribution in [2.75, 3.05) is 24.7 Å². The molecule has 9 heteroatoms. The zero-order valence-electron chi connectivity index (χ0n) is 13.4. The molecule has 1 saturated heterocycles. The second kappa shape index (κ2) is 7.61. The lowest BCUT2D eigenvalue weighted by Crippen LogP contribution is -2.44. The Kier molecular flexibility index (Phi) is 5.76. The molecule has 0 aromatic heterocycles. The van der Waals surface area contributed by atoms with Crippen molar-refractivity contribution >= 4 is 21.4 Å². The van der Waals surface area contributed by atoms with Crippen LogP contribution in [0.4, 0.5) is 5.69 Å². The van der Waals surface area contributed by atoms with E-state index in [4.69, 9.17) is 4.74 Å². The van der Waals surface area contributed by atoms with Gasteiger partial charge in [-0.3, -0.25) is 14.9 Å². The van der Waals surface area contributed by atoms with E-state index in [1.807, 2.05) is 6.92 Å². The Morgan fingerprint density at radius 2 is 2.12 bits per heavy atom. The molecule has 1 atom stereocenters. The number of nitro benzene ring substituents is 1. The lowest BCUT2D eigenvalue weighted by molar-refractivity contribution is -0.385. The Bertz CT molecular complexity index is 718. The molecule has 1 aliphatic heterocycles. The van der Waals surface area contributed by atoms with Gasteiger partial charge in [0.15, 0.2) is 22.2 Å². The predicted octanol–water partition coefficient (Wildman–Crippen LogP) is 1.40. The van der Waals surface area contributed by atoms with E-state index in [1.165, 1.54) is 23.1 Å². The smallest absolute Gasteiger partial charge is 0.310 e. The maximum atomic E-state index is 12.4. The summed E-state index contributed by atoms with van der Waals surface area (Å²) < 4.78 is 28.6. The van der Waals surface area contributed by atoms with E-state index in [-0.39, 0.29) is 41.5 Å². The van der Waals surface area contributed by atoms with Crippen LogP contribution in [0.3, 0.4) is 0 Å². The third-order valence-corrected chi connectivity index (χ3v) is 5.60. The van der Waals surface area contributed by atoms with Crippen LogP contribution in [0.5, 0.6) is 5.75 Å². The largest absolute Gasteiger partial charge is 0.477 e. The van der Waals surface area contributed by atoms with Gasteiger partial charge in [0.2, 0.25) is 0 Å². The molecule has 0 aliphatic carbocycles. The van der Waals surface area contributed by atoms with Crippen molar-refractivity contribution in [3.05, 3.63) is 34.4 Å². The highest BCUT2D eigenvalue weighted by Crippen LogP contribution is 2.26. The fraction of sp³-hybridized carbons (Fsp3) is 0.533. The third kappa shape index (κ3) is 4.44. The number of para-hydroxylation sites is 2. The van der Waals surface area contributed by atoms with Crippen LogP contribution in [0.2, 0.25) is 0 Å². The molecular weight excluding hydrogens is 336 g/mol. The molecule has 24 heavy (non-hydrogen) atoms. The second-order valence-corrected chi connectivity index (χ2v) is 7.89. The van der Waals surface area contributed by atoms with Crippen molar-refractivity contribution in [3.8, 4) is 5.75 Å². The number of hydrogen-bond acceptors (Lipinski definition) is 6. The summed E-state index contributed by atoms with van der Waals surface area (Å²) in [6, 6.07) is 5.47. The van der Waals surface area contributed by atoms with Crippen LogP contribution in [-0.4, -0.2) is 54.8 Å². The molecule has 1 aliphatic rings. The zero-order chi connectivity index (χ0) is 17.7. The standard InChI is InChI=1S/C15H20N2O6S/c1-2-8-16(12-7-9-24(21,22)11-12)15(18)10-23-14-6-4-3-5-13(14)17(19)20/h3-6,12H,2,7-11H2,1H3. The van der Waals surface area contributed by atoms with Gasteiger partial charge < -0.3 is 9.64 Å². The van der Waals surface area contributed by atoms with Gasteiger partial charge in [0, 0.05) is 18.7 Å². The van der Waals surface area contributed by atoms with Crippen LogP contribution < -0.4 is 4.74 Å². The van der Waals surface area contributed by atoms with Crippen LogP contribution >= 0.6 is 0 Å². The summed E-state index contributed by atoms with van der Waals surface area (Å²) in [7, 11) is -3.10. The first kappa shape index (κ1) is 18.2. The van der Waals surface area contributed by atoms with Gasteiger partial charge in [-0.05, 0) is 18.9 Å². The number of ether oxygens (including phenoxy) is 1. The first-order valence-corrected chi connectivity index (χ1v) is 9.52. The minimum atomic E-state index is -3.10. The Balaban J connectivity index is 2.05. The highest BCUT2D eigenvalue weighted by atomic mass is 32.2. The van der Waals surface area contributed by atoms with Crippen molar-refractivity contribution < 1.29 is 22.9 Å². The minimum Gasteiger partial charge on any atom is -0.477 e. The highest BCUT2D eigenvalue weighted by molar-refractivity contribution is 7.91. The SMILES string of the molecule is CCCN(C(=O)COc1ccccc1[N+](=O)[O-])C1CCS(=O)(=O)C1. The van der Waals surface area contributed by atoms with Crippen LogP contribution in [0.25, 0.3) is 0 Å². The topological polar surface area (TPSA) is 107 Å². The molecule has 1 unspecified atom stereocenters. The summed E-state index contributed by atoms with van der Waals surface area (Å²) in [5.74, 6) is -0.302. The monoisotopic (exact) mass is 356 g/mol. The van der Waals surface area contributed by atoms with E-state index in [1.54, 1.807) is 6.07 Å². The predicted molar refractivity (Wildman–Crippen MR) is 87.7 cm³/mol. The average molecular weight is 356 g/mol. The number of carbonyl (C=O) groups excluding carboxylic acids is 1. The number of sulfone groups is 1. The first-order chi connectivity index (χ1) is 11.3. The van der Waals surface area contributed by atoms with E-state index in [2.05, 4.69) is 0 Å². The number of hydrogen-bond donors (Lipinski definition) is 0. The first-order valence-electron chi connectivity index (χ1n) is 7.70. The molecule has 0 bridgehead atoms. The second-order valence-electron chi connectivity index (χ2n) is 5.66. The molecule has 0 radical (unpaired) electrons. The summed E-state index contributed by atoms with van der Waals surface area (Å²) in [6.45, 7) is 1.97. The summed E-state index contributed by atoms with van der Waals surface area (Å²) in [6.07, 6.45) is 1.10. The van der Waals surface area contributed by atoms with Gasteiger partial charge in [-0.2, -0.15) is 0 Å².